The maximum absolute atomic E-state index is 13.4. The fraction of sp³-hybridized carbons (Fsp3) is 0.167. The highest BCUT2D eigenvalue weighted by Gasteiger charge is 2.37. The van der Waals surface area contributed by atoms with Gasteiger partial charge in [0.05, 0.1) is 33.2 Å². The van der Waals surface area contributed by atoms with Gasteiger partial charge in [0.15, 0.2) is 0 Å². The number of halogens is 4. The lowest BCUT2D eigenvalue weighted by Crippen LogP contribution is -2.20. The summed E-state index contributed by atoms with van der Waals surface area (Å²) in [7, 11) is 0. The number of carbonyl (C=O) groups is 2. The lowest BCUT2D eigenvalue weighted by Gasteiger charge is -2.08. The van der Waals surface area contributed by atoms with E-state index in [4.69, 9.17) is 0 Å². The van der Waals surface area contributed by atoms with Gasteiger partial charge in [0, 0.05) is 46.7 Å². The van der Waals surface area contributed by atoms with Crippen molar-refractivity contribution in [1.82, 2.24) is 20.2 Å². The van der Waals surface area contributed by atoms with Gasteiger partial charge in [-0.25, -0.2) is 0 Å². The van der Waals surface area contributed by atoms with Gasteiger partial charge < -0.3 is 14.9 Å². The second-order valence-corrected chi connectivity index (χ2v) is 8.53. The summed E-state index contributed by atoms with van der Waals surface area (Å²) in [4.78, 5) is 29.0. The standard InChI is InChI=1S/C24H15F3N4O2.ClH/c25-24(26,27)11-4-5-12-14(8-11)29-19-15(12)17-18(23(33)30-22(17)32)16-13-3-1-2-10-9-28-6-7-31(20(10)13)21(16)19;/h1-5,8,28-29H,6-7,9H2,(H,30,32,33);1H. The number of hydrogen-bond acceptors (Lipinski definition) is 3. The van der Waals surface area contributed by atoms with E-state index in [1.165, 1.54) is 6.07 Å². The van der Waals surface area contributed by atoms with Crippen molar-refractivity contribution >= 4 is 67.8 Å². The summed E-state index contributed by atoms with van der Waals surface area (Å²) in [5.74, 6) is -1.02. The topological polar surface area (TPSA) is 78.9 Å². The van der Waals surface area contributed by atoms with Crippen LogP contribution in [0, 0.1) is 0 Å². The van der Waals surface area contributed by atoms with E-state index in [2.05, 4.69) is 20.2 Å². The molecule has 2 amide bonds. The first kappa shape index (κ1) is 21.0. The fourth-order valence-electron chi connectivity index (χ4n) is 5.52. The van der Waals surface area contributed by atoms with Gasteiger partial charge in [0.25, 0.3) is 11.8 Å². The smallest absolute Gasteiger partial charge is 0.353 e. The lowest BCUT2D eigenvalue weighted by molar-refractivity contribution is -0.137. The molecule has 2 aromatic heterocycles. The van der Waals surface area contributed by atoms with Crippen LogP contribution in [0.3, 0.4) is 0 Å². The number of imide groups is 1. The van der Waals surface area contributed by atoms with Gasteiger partial charge in [-0.1, -0.05) is 24.3 Å². The summed E-state index contributed by atoms with van der Waals surface area (Å²) in [5.41, 5.74) is 3.31. The van der Waals surface area contributed by atoms with Gasteiger partial charge in [0.2, 0.25) is 0 Å². The molecule has 6 nitrogen and oxygen atoms in total. The number of nitrogens with one attached hydrogen (secondary N) is 3. The molecule has 3 aromatic carbocycles. The number of nitrogens with zero attached hydrogens (tertiary/aromatic N) is 1. The van der Waals surface area contributed by atoms with Crippen LogP contribution in [0.25, 0.3) is 43.6 Å². The number of aromatic nitrogens is 2. The molecule has 3 N–H and O–H groups in total. The second kappa shape index (κ2) is 6.74. The maximum Gasteiger partial charge on any atom is 0.416 e. The number of alkyl halides is 3. The van der Waals surface area contributed by atoms with Gasteiger partial charge in [-0.2, -0.15) is 13.2 Å². The Balaban J connectivity index is 0.00000217. The van der Waals surface area contributed by atoms with E-state index in [9.17, 15) is 22.8 Å². The Hall–Kier alpha value is -3.56. The molecule has 172 valence electrons. The molecule has 0 radical (unpaired) electrons. The van der Waals surface area contributed by atoms with Crippen LogP contribution < -0.4 is 10.6 Å². The molecule has 2 aliphatic heterocycles. The molecule has 34 heavy (non-hydrogen) atoms. The first-order valence-electron chi connectivity index (χ1n) is 10.5. The Kier molecular flexibility index (Phi) is 4.16. The molecule has 0 saturated carbocycles. The highest BCUT2D eigenvalue weighted by molar-refractivity contribution is 6.39. The summed E-state index contributed by atoms with van der Waals surface area (Å²) >= 11 is 0. The van der Waals surface area contributed by atoms with Crippen LogP contribution >= 0.6 is 12.4 Å². The Bertz CT molecular complexity index is 1730. The van der Waals surface area contributed by atoms with Crippen LogP contribution in [0.4, 0.5) is 13.2 Å². The van der Waals surface area contributed by atoms with Crippen molar-refractivity contribution in [2.75, 3.05) is 6.54 Å². The summed E-state index contributed by atoms with van der Waals surface area (Å²) in [6, 6.07) is 9.29. The minimum absolute atomic E-state index is 0. The van der Waals surface area contributed by atoms with Crippen molar-refractivity contribution < 1.29 is 22.8 Å². The summed E-state index contributed by atoms with van der Waals surface area (Å²) in [6.07, 6.45) is -4.50. The number of rotatable bonds is 0. The third kappa shape index (κ3) is 2.51. The molecule has 7 rings (SSSR count). The van der Waals surface area contributed by atoms with Crippen LogP contribution in [0.2, 0.25) is 0 Å². The Labute approximate surface area is 195 Å². The van der Waals surface area contributed by atoms with E-state index in [0.29, 0.717) is 41.3 Å². The van der Waals surface area contributed by atoms with Crippen molar-refractivity contribution in [3.8, 4) is 0 Å². The predicted octanol–water partition coefficient (Wildman–Crippen LogP) is 4.86. The molecule has 5 aromatic rings. The average Bonchev–Trinajstić information content (AvgIpc) is 3.33. The van der Waals surface area contributed by atoms with Crippen molar-refractivity contribution in [2.45, 2.75) is 19.3 Å². The molecule has 0 bridgehead atoms. The van der Waals surface area contributed by atoms with E-state index in [1.807, 2.05) is 18.2 Å². The number of carbonyl (C=O) groups excluding carboxylic acids is 2. The first-order valence-corrected chi connectivity index (χ1v) is 10.5. The largest absolute Gasteiger partial charge is 0.416 e. The monoisotopic (exact) mass is 484 g/mol. The van der Waals surface area contributed by atoms with Crippen molar-refractivity contribution in [3.63, 3.8) is 0 Å². The summed E-state index contributed by atoms with van der Waals surface area (Å²) < 4.78 is 42.2. The molecule has 0 unspecified atom stereocenters. The van der Waals surface area contributed by atoms with Crippen LogP contribution in [-0.4, -0.2) is 27.9 Å². The molecule has 10 heteroatoms. The van der Waals surface area contributed by atoms with Crippen LogP contribution in [0.5, 0.6) is 0 Å². The zero-order valence-electron chi connectivity index (χ0n) is 17.4. The van der Waals surface area contributed by atoms with Gasteiger partial charge in [-0.15, -0.1) is 12.4 Å². The maximum atomic E-state index is 13.4. The second-order valence-electron chi connectivity index (χ2n) is 8.53. The Morgan fingerprint density at radius 3 is 2.44 bits per heavy atom. The molecular formula is C24H16ClF3N4O2. The van der Waals surface area contributed by atoms with Crippen molar-refractivity contribution in [2.24, 2.45) is 0 Å². The summed E-state index contributed by atoms with van der Waals surface area (Å²) in [6.45, 7) is 1.96. The molecular weight excluding hydrogens is 469 g/mol. The molecule has 0 aliphatic carbocycles. The highest BCUT2D eigenvalue weighted by Crippen LogP contribution is 2.45. The number of hydrogen-bond donors (Lipinski definition) is 3. The van der Waals surface area contributed by atoms with Crippen molar-refractivity contribution in [1.29, 1.82) is 0 Å². The van der Waals surface area contributed by atoms with Crippen LogP contribution in [0.15, 0.2) is 36.4 Å². The minimum Gasteiger partial charge on any atom is -0.353 e. The van der Waals surface area contributed by atoms with Gasteiger partial charge in [0.1, 0.15) is 0 Å². The molecule has 2 aliphatic rings. The Morgan fingerprint density at radius 1 is 0.912 bits per heavy atom. The molecule has 0 fully saturated rings. The van der Waals surface area contributed by atoms with E-state index < -0.39 is 23.6 Å². The van der Waals surface area contributed by atoms with E-state index in [0.717, 1.165) is 34.1 Å². The zero-order chi connectivity index (χ0) is 22.6. The lowest BCUT2D eigenvalue weighted by atomic mass is 9.96. The van der Waals surface area contributed by atoms with E-state index in [-0.39, 0.29) is 29.1 Å². The highest BCUT2D eigenvalue weighted by atomic mass is 35.5. The SMILES string of the molecule is Cl.O=C1NC(=O)c2c1c1c3ccc(C(F)(F)F)cc3[nH]c1c1c2c2cccc3c2n1CCNC3. The van der Waals surface area contributed by atoms with Gasteiger partial charge in [-0.05, 0) is 17.7 Å². The van der Waals surface area contributed by atoms with E-state index in [1.54, 1.807) is 0 Å². The number of benzene rings is 3. The third-order valence-corrected chi connectivity index (χ3v) is 6.79. The molecule has 0 saturated heterocycles. The average molecular weight is 485 g/mol. The Morgan fingerprint density at radius 2 is 1.68 bits per heavy atom. The molecule has 4 heterocycles. The number of fused-ring (bicyclic) bond motifs is 10. The quantitative estimate of drug-likeness (QED) is 0.275. The van der Waals surface area contributed by atoms with Gasteiger partial charge in [-0.3, -0.25) is 14.9 Å². The minimum atomic E-state index is -4.50. The predicted molar refractivity (Wildman–Crippen MR) is 125 cm³/mol. The zero-order valence-corrected chi connectivity index (χ0v) is 18.2. The number of aromatic amines is 1. The molecule has 0 spiro atoms. The molecule has 0 atom stereocenters. The first-order chi connectivity index (χ1) is 15.8. The van der Waals surface area contributed by atoms with Gasteiger partial charge >= 0.3 is 6.18 Å². The number of para-hydroxylation sites is 1. The van der Waals surface area contributed by atoms with Crippen LogP contribution in [-0.2, 0) is 19.3 Å². The number of amides is 2. The fourth-order valence-corrected chi connectivity index (χ4v) is 5.52. The summed E-state index contributed by atoms with van der Waals surface area (Å²) in [5, 5.41) is 8.24. The van der Waals surface area contributed by atoms with E-state index >= 15 is 0 Å². The third-order valence-electron chi connectivity index (χ3n) is 6.79. The normalized spacial score (nSPS) is 15.7. The number of H-pyrrole nitrogens is 1. The van der Waals surface area contributed by atoms with Crippen LogP contribution in [0.1, 0.15) is 31.8 Å². The van der Waals surface area contributed by atoms with Crippen molar-refractivity contribution in [3.05, 3.63) is 58.7 Å².